The molecule has 1 fully saturated rings. The first-order valence-corrected chi connectivity index (χ1v) is 7.64. The molecule has 1 aliphatic heterocycles. The van der Waals surface area contributed by atoms with E-state index in [1.807, 2.05) is 0 Å². The Morgan fingerprint density at radius 2 is 1.95 bits per heavy atom. The van der Waals surface area contributed by atoms with Crippen molar-refractivity contribution in [3.8, 4) is 5.75 Å². The molecule has 20 heavy (non-hydrogen) atoms. The SMILES string of the molecule is C[C@H]1CN(CCOc2ccc(C(C)(C)C)cc2)CCN1. The van der Waals surface area contributed by atoms with Gasteiger partial charge in [0, 0.05) is 32.2 Å². The fourth-order valence-electron chi connectivity index (χ4n) is 2.56. The van der Waals surface area contributed by atoms with E-state index in [2.05, 4.69) is 62.2 Å². The Hall–Kier alpha value is -1.06. The van der Waals surface area contributed by atoms with Crippen LogP contribution in [0.2, 0.25) is 0 Å². The van der Waals surface area contributed by atoms with Crippen molar-refractivity contribution in [2.75, 3.05) is 32.8 Å². The molecular weight excluding hydrogens is 248 g/mol. The average Bonchev–Trinajstić information content (AvgIpc) is 2.38. The summed E-state index contributed by atoms with van der Waals surface area (Å²) in [6, 6.07) is 9.10. The number of nitrogens with zero attached hydrogens (tertiary/aromatic N) is 1. The molecule has 0 amide bonds. The maximum Gasteiger partial charge on any atom is 0.119 e. The van der Waals surface area contributed by atoms with Gasteiger partial charge in [-0.05, 0) is 30.0 Å². The Labute approximate surface area is 123 Å². The van der Waals surface area contributed by atoms with Crippen molar-refractivity contribution in [1.29, 1.82) is 0 Å². The molecule has 112 valence electrons. The summed E-state index contributed by atoms with van der Waals surface area (Å²) in [4.78, 5) is 2.46. The number of nitrogens with one attached hydrogen (secondary N) is 1. The van der Waals surface area contributed by atoms with E-state index in [1.54, 1.807) is 0 Å². The second kappa shape index (κ2) is 6.59. The van der Waals surface area contributed by atoms with E-state index in [4.69, 9.17) is 4.74 Å². The molecule has 0 unspecified atom stereocenters. The van der Waals surface area contributed by atoms with Gasteiger partial charge in [-0.1, -0.05) is 32.9 Å². The van der Waals surface area contributed by atoms with Gasteiger partial charge in [0.05, 0.1) is 0 Å². The molecule has 2 rings (SSSR count). The highest BCUT2D eigenvalue weighted by Gasteiger charge is 2.15. The molecule has 0 aromatic heterocycles. The molecule has 1 saturated heterocycles. The number of hydrogen-bond donors (Lipinski definition) is 1. The molecule has 1 heterocycles. The predicted octanol–water partition coefficient (Wildman–Crippen LogP) is 2.66. The van der Waals surface area contributed by atoms with Crippen LogP contribution < -0.4 is 10.1 Å². The second-order valence-corrected chi connectivity index (χ2v) is 6.78. The minimum absolute atomic E-state index is 0.204. The Morgan fingerprint density at radius 3 is 2.55 bits per heavy atom. The smallest absolute Gasteiger partial charge is 0.119 e. The van der Waals surface area contributed by atoms with Crippen molar-refractivity contribution in [2.45, 2.75) is 39.2 Å². The van der Waals surface area contributed by atoms with Crippen molar-refractivity contribution < 1.29 is 4.74 Å². The molecule has 0 radical (unpaired) electrons. The Bertz CT molecular complexity index is 408. The van der Waals surface area contributed by atoms with Gasteiger partial charge in [-0.3, -0.25) is 4.90 Å². The number of hydrogen-bond acceptors (Lipinski definition) is 3. The summed E-state index contributed by atoms with van der Waals surface area (Å²) in [6.45, 7) is 14.0. The first kappa shape index (κ1) is 15.3. The normalized spacial score (nSPS) is 20.9. The van der Waals surface area contributed by atoms with Crippen molar-refractivity contribution in [3.05, 3.63) is 29.8 Å². The lowest BCUT2D eigenvalue weighted by molar-refractivity contribution is 0.170. The second-order valence-electron chi connectivity index (χ2n) is 6.78. The standard InChI is InChI=1S/C17H28N2O/c1-14-13-19(10-9-18-14)11-12-20-16-7-5-15(6-8-16)17(2,3)4/h5-8,14,18H,9-13H2,1-4H3/t14-/m0/s1. The van der Waals surface area contributed by atoms with E-state index in [0.717, 1.165) is 38.5 Å². The van der Waals surface area contributed by atoms with E-state index < -0.39 is 0 Å². The molecule has 0 saturated carbocycles. The van der Waals surface area contributed by atoms with Gasteiger partial charge in [-0.25, -0.2) is 0 Å². The largest absolute Gasteiger partial charge is 0.492 e. The van der Waals surface area contributed by atoms with Gasteiger partial charge in [-0.15, -0.1) is 0 Å². The van der Waals surface area contributed by atoms with Crippen LogP contribution in [0.4, 0.5) is 0 Å². The molecule has 1 atom stereocenters. The molecule has 1 aromatic rings. The summed E-state index contributed by atoms with van der Waals surface area (Å²) in [6.07, 6.45) is 0. The van der Waals surface area contributed by atoms with E-state index in [9.17, 15) is 0 Å². The van der Waals surface area contributed by atoms with E-state index in [1.165, 1.54) is 5.56 Å². The molecular formula is C17H28N2O. The maximum atomic E-state index is 5.85. The first-order valence-electron chi connectivity index (χ1n) is 7.64. The van der Waals surface area contributed by atoms with Crippen LogP contribution in [-0.2, 0) is 5.41 Å². The van der Waals surface area contributed by atoms with Crippen LogP contribution in [0.1, 0.15) is 33.3 Å². The minimum Gasteiger partial charge on any atom is -0.492 e. The molecule has 1 N–H and O–H groups in total. The monoisotopic (exact) mass is 276 g/mol. The average molecular weight is 276 g/mol. The Balaban J connectivity index is 1.77. The summed E-state index contributed by atoms with van der Waals surface area (Å²) in [7, 11) is 0. The van der Waals surface area contributed by atoms with Crippen LogP contribution in [-0.4, -0.2) is 43.7 Å². The molecule has 3 nitrogen and oxygen atoms in total. The summed E-state index contributed by atoms with van der Waals surface area (Å²) < 4.78 is 5.85. The van der Waals surface area contributed by atoms with Crippen LogP contribution in [0.25, 0.3) is 0 Å². The third-order valence-corrected chi connectivity index (χ3v) is 3.85. The third kappa shape index (κ3) is 4.50. The topological polar surface area (TPSA) is 24.5 Å². The van der Waals surface area contributed by atoms with E-state index >= 15 is 0 Å². The van der Waals surface area contributed by atoms with E-state index in [-0.39, 0.29) is 5.41 Å². The quantitative estimate of drug-likeness (QED) is 0.915. The lowest BCUT2D eigenvalue weighted by atomic mass is 9.87. The fraction of sp³-hybridized carbons (Fsp3) is 0.647. The first-order chi connectivity index (χ1) is 9.45. The van der Waals surface area contributed by atoms with Gasteiger partial charge in [-0.2, -0.15) is 0 Å². The summed E-state index contributed by atoms with van der Waals surface area (Å²) in [5, 5.41) is 3.46. The van der Waals surface area contributed by atoms with Gasteiger partial charge in [0.1, 0.15) is 12.4 Å². The zero-order valence-corrected chi connectivity index (χ0v) is 13.3. The number of piperazine rings is 1. The lowest BCUT2D eigenvalue weighted by Crippen LogP contribution is -2.50. The molecule has 0 spiro atoms. The van der Waals surface area contributed by atoms with Gasteiger partial charge in [0.25, 0.3) is 0 Å². The van der Waals surface area contributed by atoms with Crippen molar-refractivity contribution >= 4 is 0 Å². The van der Waals surface area contributed by atoms with Crippen LogP contribution in [0.5, 0.6) is 5.75 Å². The zero-order chi connectivity index (χ0) is 14.6. The molecule has 3 heteroatoms. The maximum absolute atomic E-state index is 5.85. The van der Waals surface area contributed by atoms with Crippen molar-refractivity contribution in [2.24, 2.45) is 0 Å². The van der Waals surface area contributed by atoms with Crippen LogP contribution in [0, 0.1) is 0 Å². The number of ether oxygens (including phenoxy) is 1. The summed E-state index contributed by atoms with van der Waals surface area (Å²) in [5.41, 5.74) is 1.55. The number of rotatable bonds is 4. The Morgan fingerprint density at radius 1 is 1.25 bits per heavy atom. The lowest BCUT2D eigenvalue weighted by Gasteiger charge is -2.31. The third-order valence-electron chi connectivity index (χ3n) is 3.85. The van der Waals surface area contributed by atoms with Crippen LogP contribution in [0.15, 0.2) is 24.3 Å². The molecule has 1 aromatic carbocycles. The molecule has 0 bridgehead atoms. The van der Waals surface area contributed by atoms with Crippen LogP contribution in [0.3, 0.4) is 0 Å². The summed E-state index contributed by atoms with van der Waals surface area (Å²) in [5.74, 6) is 0.973. The highest BCUT2D eigenvalue weighted by Crippen LogP contribution is 2.24. The van der Waals surface area contributed by atoms with Gasteiger partial charge < -0.3 is 10.1 Å². The van der Waals surface area contributed by atoms with Gasteiger partial charge in [0.15, 0.2) is 0 Å². The highest BCUT2D eigenvalue weighted by atomic mass is 16.5. The van der Waals surface area contributed by atoms with Crippen molar-refractivity contribution in [3.63, 3.8) is 0 Å². The zero-order valence-electron chi connectivity index (χ0n) is 13.3. The fourth-order valence-corrected chi connectivity index (χ4v) is 2.56. The predicted molar refractivity (Wildman–Crippen MR) is 84.5 cm³/mol. The molecule has 1 aliphatic rings. The van der Waals surface area contributed by atoms with Crippen molar-refractivity contribution in [1.82, 2.24) is 10.2 Å². The van der Waals surface area contributed by atoms with Crippen LogP contribution >= 0.6 is 0 Å². The minimum atomic E-state index is 0.204. The highest BCUT2D eigenvalue weighted by molar-refractivity contribution is 5.31. The van der Waals surface area contributed by atoms with E-state index in [0.29, 0.717) is 6.04 Å². The summed E-state index contributed by atoms with van der Waals surface area (Å²) >= 11 is 0. The molecule has 0 aliphatic carbocycles. The van der Waals surface area contributed by atoms with Gasteiger partial charge in [0.2, 0.25) is 0 Å². The number of benzene rings is 1. The Kier molecular flexibility index (Phi) is 5.06. The van der Waals surface area contributed by atoms with Gasteiger partial charge >= 0.3 is 0 Å².